The second kappa shape index (κ2) is 7.38. The summed E-state index contributed by atoms with van der Waals surface area (Å²) in [6, 6.07) is 0. The van der Waals surface area contributed by atoms with Gasteiger partial charge in [0.2, 0.25) is 11.9 Å². The zero-order valence-electron chi connectivity index (χ0n) is 11.1. The fourth-order valence-corrected chi connectivity index (χ4v) is 2.19. The summed E-state index contributed by atoms with van der Waals surface area (Å²) in [5.74, 6) is 1.83. The maximum absolute atomic E-state index is 8.99. The highest BCUT2D eigenvalue weighted by Gasteiger charge is 2.11. The lowest BCUT2D eigenvalue weighted by Crippen LogP contribution is -2.25. The van der Waals surface area contributed by atoms with Crippen LogP contribution in [0.4, 0.5) is 11.9 Å². The van der Waals surface area contributed by atoms with Gasteiger partial charge in [-0.2, -0.15) is 15.0 Å². The highest BCUT2D eigenvalue weighted by molar-refractivity contribution is 7.99. The van der Waals surface area contributed by atoms with Gasteiger partial charge in [-0.3, -0.25) is 0 Å². The van der Waals surface area contributed by atoms with Crippen molar-refractivity contribution < 1.29 is 5.11 Å². The molecule has 0 saturated heterocycles. The zero-order chi connectivity index (χ0) is 13.5. The van der Waals surface area contributed by atoms with Crippen LogP contribution in [-0.2, 0) is 0 Å². The average Bonchev–Trinajstić information content (AvgIpc) is 2.37. The third-order valence-corrected chi connectivity index (χ3v) is 3.65. The summed E-state index contributed by atoms with van der Waals surface area (Å²) in [7, 11) is 0. The molecule has 1 aromatic rings. The third kappa shape index (κ3) is 4.30. The fourth-order valence-electron chi connectivity index (χ4n) is 1.34. The molecule has 0 aliphatic rings. The Labute approximate surface area is 112 Å². The van der Waals surface area contributed by atoms with Gasteiger partial charge < -0.3 is 15.7 Å². The van der Waals surface area contributed by atoms with Crippen LogP contribution in [0.1, 0.15) is 20.8 Å². The normalized spacial score (nSPS) is 12.4. The Morgan fingerprint density at radius 1 is 1.28 bits per heavy atom. The monoisotopic (exact) mass is 271 g/mol. The van der Waals surface area contributed by atoms with E-state index in [1.807, 2.05) is 25.7 Å². The molecule has 1 aromatic heterocycles. The lowest BCUT2D eigenvalue weighted by atomic mass is 10.2. The molecule has 0 bridgehead atoms. The largest absolute Gasteiger partial charge is 0.396 e. The minimum atomic E-state index is 0.163. The van der Waals surface area contributed by atoms with Crippen molar-refractivity contribution in [2.24, 2.45) is 5.92 Å². The topological polar surface area (TPSA) is 88.2 Å². The molecule has 102 valence electrons. The minimum absolute atomic E-state index is 0.163. The van der Waals surface area contributed by atoms with E-state index < -0.39 is 0 Å². The summed E-state index contributed by atoms with van der Waals surface area (Å²) < 4.78 is 0. The molecule has 0 amide bonds. The van der Waals surface area contributed by atoms with Crippen LogP contribution in [0.5, 0.6) is 0 Å². The van der Waals surface area contributed by atoms with Crippen molar-refractivity contribution >= 4 is 23.7 Å². The van der Waals surface area contributed by atoms with Crippen LogP contribution >= 0.6 is 11.8 Å². The van der Waals surface area contributed by atoms with Gasteiger partial charge in [0.25, 0.3) is 0 Å². The van der Waals surface area contributed by atoms with Crippen molar-refractivity contribution in [1.82, 2.24) is 15.0 Å². The molecule has 0 spiro atoms. The molecule has 6 nitrogen and oxygen atoms in total. The number of rotatable bonds is 7. The van der Waals surface area contributed by atoms with Crippen molar-refractivity contribution in [3.63, 3.8) is 0 Å². The molecule has 0 aromatic carbocycles. The van der Waals surface area contributed by atoms with E-state index in [-0.39, 0.29) is 18.5 Å². The van der Waals surface area contributed by atoms with Gasteiger partial charge in [-0.1, -0.05) is 18.7 Å². The molecule has 0 fully saturated rings. The molecule has 1 heterocycles. The highest BCUT2D eigenvalue weighted by atomic mass is 32.2. The first-order chi connectivity index (χ1) is 8.60. The molecule has 0 saturated carbocycles. The first-order valence-electron chi connectivity index (χ1n) is 6.10. The van der Waals surface area contributed by atoms with Crippen LogP contribution in [-0.4, -0.2) is 45.5 Å². The van der Waals surface area contributed by atoms with Gasteiger partial charge in [0.05, 0.1) is 0 Å². The minimum Gasteiger partial charge on any atom is -0.396 e. The third-order valence-electron chi connectivity index (χ3n) is 2.48. The summed E-state index contributed by atoms with van der Waals surface area (Å²) in [5, 5.41) is 9.60. The predicted molar refractivity (Wildman–Crippen MR) is 74.8 cm³/mol. The number of nitrogen functional groups attached to an aromatic ring is 1. The van der Waals surface area contributed by atoms with E-state index in [0.717, 1.165) is 18.8 Å². The van der Waals surface area contributed by atoms with Crippen molar-refractivity contribution in [2.45, 2.75) is 25.9 Å². The Morgan fingerprint density at radius 2 is 1.94 bits per heavy atom. The molecule has 18 heavy (non-hydrogen) atoms. The average molecular weight is 271 g/mol. The Morgan fingerprint density at radius 3 is 2.50 bits per heavy atom. The molecular formula is C11H21N5OS. The zero-order valence-corrected chi connectivity index (χ0v) is 11.9. The quantitative estimate of drug-likeness (QED) is 0.716. The smallest absolute Gasteiger partial charge is 0.231 e. The first-order valence-corrected chi connectivity index (χ1v) is 7.09. The molecule has 7 heteroatoms. The van der Waals surface area contributed by atoms with E-state index in [0.29, 0.717) is 11.1 Å². The lowest BCUT2D eigenvalue weighted by Gasteiger charge is -2.18. The number of hydrogen-bond acceptors (Lipinski definition) is 7. The summed E-state index contributed by atoms with van der Waals surface area (Å²) in [5.41, 5.74) is 5.69. The number of thioether (sulfide) groups is 1. The molecule has 1 unspecified atom stereocenters. The molecule has 0 aliphatic heterocycles. The molecular weight excluding hydrogens is 250 g/mol. The SMILES string of the molecule is CCN(CC)c1nc(N)nc(SCC(C)CO)n1. The van der Waals surface area contributed by atoms with Gasteiger partial charge in [-0.05, 0) is 19.8 Å². The van der Waals surface area contributed by atoms with Crippen LogP contribution in [0.15, 0.2) is 5.16 Å². The van der Waals surface area contributed by atoms with E-state index in [2.05, 4.69) is 15.0 Å². The number of aliphatic hydroxyl groups is 1. The number of aliphatic hydroxyl groups excluding tert-OH is 1. The molecule has 3 N–H and O–H groups in total. The first kappa shape index (κ1) is 15.0. The molecule has 1 rings (SSSR count). The Bertz CT molecular complexity index is 372. The fraction of sp³-hybridized carbons (Fsp3) is 0.727. The van der Waals surface area contributed by atoms with E-state index in [1.165, 1.54) is 11.8 Å². The summed E-state index contributed by atoms with van der Waals surface area (Å²) >= 11 is 1.49. The Hall–Kier alpha value is -1.08. The van der Waals surface area contributed by atoms with Crippen molar-refractivity contribution in [1.29, 1.82) is 0 Å². The number of nitrogens with two attached hydrogens (primary N) is 1. The molecule has 0 radical (unpaired) electrons. The van der Waals surface area contributed by atoms with Gasteiger partial charge in [-0.15, -0.1) is 0 Å². The van der Waals surface area contributed by atoms with Gasteiger partial charge >= 0.3 is 0 Å². The van der Waals surface area contributed by atoms with Crippen LogP contribution in [0.3, 0.4) is 0 Å². The molecule has 1 atom stereocenters. The summed E-state index contributed by atoms with van der Waals surface area (Å²) in [4.78, 5) is 14.7. The van der Waals surface area contributed by atoms with E-state index in [4.69, 9.17) is 10.8 Å². The van der Waals surface area contributed by atoms with Crippen LogP contribution < -0.4 is 10.6 Å². The lowest BCUT2D eigenvalue weighted by molar-refractivity contribution is 0.250. The van der Waals surface area contributed by atoms with Crippen LogP contribution in [0, 0.1) is 5.92 Å². The number of aromatic nitrogens is 3. The second-order valence-corrected chi connectivity index (χ2v) is 5.03. The van der Waals surface area contributed by atoms with E-state index >= 15 is 0 Å². The standard InChI is InChI=1S/C11H21N5OS/c1-4-16(5-2)10-13-9(12)14-11(15-10)18-7-8(3)6-17/h8,17H,4-7H2,1-3H3,(H2,12,13,14,15). The number of anilines is 2. The second-order valence-electron chi connectivity index (χ2n) is 4.05. The van der Waals surface area contributed by atoms with Crippen LogP contribution in [0.25, 0.3) is 0 Å². The maximum atomic E-state index is 8.99. The number of hydrogen-bond donors (Lipinski definition) is 2. The maximum Gasteiger partial charge on any atom is 0.231 e. The van der Waals surface area contributed by atoms with Gasteiger partial charge in [0.15, 0.2) is 5.16 Å². The number of nitrogens with zero attached hydrogens (tertiary/aromatic N) is 4. The highest BCUT2D eigenvalue weighted by Crippen LogP contribution is 2.19. The van der Waals surface area contributed by atoms with E-state index in [1.54, 1.807) is 0 Å². The summed E-state index contributed by atoms with van der Waals surface area (Å²) in [6.07, 6.45) is 0. The Balaban J connectivity index is 2.80. The van der Waals surface area contributed by atoms with Crippen molar-refractivity contribution in [3.8, 4) is 0 Å². The molecule has 0 aliphatic carbocycles. The van der Waals surface area contributed by atoms with Crippen molar-refractivity contribution in [3.05, 3.63) is 0 Å². The van der Waals surface area contributed by atoms with Crippen molar-refractivity contribution in [2.75, 3.05) is 36.1 Å². The van der Waals surface area contributed by atoms with Gasteiger partial charge in [0.1, 0.15) is 0 Å². The Kier molecular flexibility index (Phi) is 6.14. The van der Waals surface area contributed by atoms with Crippen LogP contribution in [0.2, 0.25) is 0 Å². The van der Waals surface area contributed by atoms with Gasteiger partial charge in [-0.25, -0.2) is 0 Å². The predicted octanol–water partition coefficient (Wildman–Crippen LogP) is 1.02. The summed E-state index contributed by atoms with van der Waals surface area (Å²) in [6.45, 7) is 7.89. The van der Waals surface area contributed by atoms with Gasteiger partial charge in [0, 0.05) is 25.4 Å². The van der Waals surface area contributed by atoms with E-state index in [9.17, 15) is 0 Å².